The summed E-state index contributed by atoms with van der Waals surface area (Å²) in [5, 5.41) is 3.96. The summed E-state index contributed by atoms with van der Waals surface area (Å²) in [6.07, 6.45) is -4.60. The molecule has 1 spiro atoms. The topological polar surface area (TPSA) is 38.5 Å². The SMILES string of the molecule is CC1(C)c2cccc3[n+]2[C@]2(c4ccc(F)nc4-3)c3cc(C(F)(F)F)nn3-c3cccc1[n+]32. The summed E-state index contributed by atoms with van der Waals surface area (Å²) < 4.78 is 60.7. The third-order valence-corrected chi connectivity index (χ3v) is 6.94. The summed E-state index contributed by atoms with van der Waals surface area (Å²) in [4.78, 5) is 4.17. The zero-order valence-electron chi connectivity index (χ0n) is 16.9. The maximum Gasteiger partial charge on any atom is 0.437 e. The van der Waals surface area contributed by atoms with Crippen molar-refractivity contribution in [2.24, 2.45) is 0 Å². The monoisotopic (exact) mass is 437 g/mol. The van der Waals surface area contributed by atoms with Crippen LogP contribution in [0.25, 0.3) is 17.2 Å². The lowest BCUT2D eigenvalue weighted by molar-refractivity contribution is -0.972. The molecule has 4 aromatic rings. The fourth-order valence-electron chi connectivity index (χ4n) is 5.72. The summed E-state index contributed by atoms with van der Waals surface area (Å²) in [5.41, 5.74) is 1.23. The van der Waals surface area contributed by atoms with Crippen molar-refractivity contribution in [2.75, 3.05) is 0 Å². The van der Waals surface area contributed by atoms with Crippen LogP contribution < -0.4 is 9.13 Å². The second kappa shape index (κ2) is 5.06. The van der Waals surface area contributed by atoms with Crippen LogP contribution in [-0.4, -0.2) is 14.8 Å². The highest BCUT2D eigenvalue weighted by atomic mass is 19.4. The molecule has 158 valence electrons. The molecule has 7 heterocycles. The fraction of sp³-hybridized carbons (Fsp3) is 0.217. The summed E-state index contributed by atoms with van der Waals surface area (Å²) >= 11 is 0. The van der Waals surface area contributed by atoms with Gasteiger partial charge in [-0.25, -0.2) is 4.98 Å². The molecule has 32 heavy (non-hydrogen) atoms. The van der Waals surface area contributed by atoms with Crippen molar-refractivity contribution in [1.82, 2.24) is 14.8 Å². The predicted molar refractivity (Wildman–Crippen MR) is 102 cm³/mol. The highest BCUT2D eigenvalue weighted by molar-refractivity contribution is 5.64. The summed E-state index contributed by atoms with van der Waals surface area (Å²) in [6, 6.07) is 15.2. The lowest BCUT2D eigenvalue weighted by atomic mass is 9.79. The molecule has 0 amide bonds. The van der Waals surface area contributed by atoms with E-state index in [0.717, 1.165) is 17.5 Å². The van der Waals surface area contributed by atoms with Crippen molar-refractivity contribution < 1.29 is 26.7 Å². The van der Waals surface area contributed by atoms with Crippen LogP contribution in [0.4, 0.5) is 17.6 Å². The Hall–Kier alpha value is -3.62. The lowest BCUT2D eigenvalue weighted by Crippen LogP contribution is -2.79. The van der Waals surface area contributed by atoms with E-state index in [1.54, 1.807) is 12.1 Å². The van der Waals surface area contributed by atoms with Crippen LogP contribution in [0.3, 0.4) is 0 Å². The van der Waals surface area contributed by atoms with Gasteiger partial charge < -0.3 is 0 Å². The fourth-order valence-corrected chi connectivity index (χ4v) is 5.72. The Morgan fingerprint density at radius 3 is 2.41 bits per heavy atom. The second-order valence-corrected chi connectivity index (χ2v) is 8.89. The Kier molecular flexibility index (Phi) is 2.84. The van der Waals surface area contributed by atoms with Gasteiger partial charge in [0.2, 0.25) is 17.3 Å². The van der Waals surface area contributed by atoms with E-state index in [9.17, 15) is 17.6 Å². The molecule has 0 saturated carbocycles. The molecule has 3 aliphatic heterocycles. The quantitative estimate of drug-likeness (QED) is 0.208. The second-order valence-electron chi connectivity index (χ2n) is 8.89. The van der Waals surface area contributed by atoms with E-state index < -0.39 is 28.9 Å². The molecule has 0 bridgehead atoms. The first kappa shape index (κ1) is 18.0. The minimum atomic E-state index is -4.60. The van der Waals surface area contributed by atoms with Crippen molar-refractivity contribution in [3.05, 3.63) is 88.9 Å². The number of hydrogen-bond acceptors (Lipinski definition) is 2. The first-order valence-corrected chi connectivity index (χ1v) is 10.1. The molecule has 9 heteroatoms. The van der Waals surface area contributed by atoms with Gasteiger partial charge in [0.05, 0.1) is 0 Å². The molecule has 5 nitrogen and oxygen atoms in total. The summed E-state index contributed by atoms with van der Waals surface area (Å²) in [5.74, 6) is -0.122. The van der Waals surface area contributed by atoms with E-state index in [1.165, 1.54) is 10.7 Å². The van der Waals surface area contributed by atoms with Crippen molar-refractivity contribution in [3.63, 3.8) is 0 Å². The third-order valence-electron chi connectivity index (χ3n) is 6.94. The molecule has 0 unspecified atom stereocenters. The van der Waals surface area contributed by atoms with E-state index >= 15 is 0 Å². The predicted octanol–water partition coefficient (Wildman–Crippen LogP) is 3.23. The Morgan fingerprint density at radius 1 is 0.938 bits per heavy atom. The molecular weight excluding hydrogens is 422 g/mol. The van der Waals surface area contributed by atoms with E-state index in [1.807, 2.05) is 39.5 Å². The molecule has 4 aromatic heterocycles. The number of fused-ring (bicyclic) bond motifs is 4. The highest BCUT2D eigenvalue weighted by Gasteiger charge is 2.73. The Labute approximate surface area is 179 Å². The molecule has 1 atom stereocenters. The number of alkyl halides is 3. The zero-order valence-corrected chi connectivity index (χ0v) is 16.9. The molecule has 0 radical (unpaired) electrons. The number of rotatable bonds is 0. The van der Waals surface area contributed by atoms with Gasteiger partial charge in [-0.1, -0.05) is 15.8 Å². The number of halogens is 4. The normalized spacial score (nSPS) is 20.6. The lowest BCUT2D eigenvalue weighted by Gasteiger charge is -2.33. The molecular formula is C23H15F4N5+2. The minimum Gasteiger partial charge on any atom is -0.212 e. The van der Waals surface area contributed by atoms with Gasteiger partial charge in [0, 0.05) is 24.3 Å². The van der Waals surface area contributed by atoms with E-state index in [0.29, 0.717) is 28.5 Å². The Morgan fingerprint density at radius 2 is 1.66 bits per heavy atom. The number of aromatic nitrogens is 5. The largest absolute Gasteiger partial charge is 0.437 e. The zero-order chi connectivity index (χ0) is 22.2. The van der Waals surface area contributed by atoms with E-state index in [2.05, 4.69) is 23.9 Å². The smallest absolute Gasteiger partial charge is 0.212 e. The van der Waals surface area contributed by atoms with Crippen LogP contribution >= 0.6 is 0 Å². The molecule has 0 N–H and O–H groups in total. The van der Waals surface area contributed by atoms with Gasteiger partial charge in [-0.15, -0.1) is 4.57 Å². The molecule has 3 aliphatic rings. The van der Waals surface area contributed by atoms with Crippen molar-refractivity contribution in [2.45, 2.75) is 31.1 Å². The number of pyridine rings is 3. The average Bonchev–Trinajstić information content (AvgIpc) is 3.38. The third kappa shape index (κ3) is 1.72. The minimum absolute atomic E-state index is 0.346. The first-order chi connectivity index (χ1) is 15.2. The van der Waals surface area contributed by atoms with Gasteiger partial charge >= 0.3 is 17.7 Å². The first-order valence-electron chi connectivity index (χ1n) is 10.1. The van der Waals surface area contributed by atoms with Crippen LogP contribution in [0.1, 0.15) is 42.2 Å². The van der Waals surface area contributed by atoms with E-state index in [-0.39, 0.29) is 0 Å². The van der Waals surface area contributed by atoms with E-state index in [4.69, 9.17) is 0 Å². The molecule has 0 aromatic carbocycles. The number of hydrogen-bond donors (Lipinski definition) is 0. The molecule has 0 fully saturated rings. The van der Waals surface area contributed by atoms with Gasteiger partial charge in [-0.3, -0.25) is 0 Å². The van der Waals surface area contributed by atoms with Crippen LogP contribution in [0.2, 0.25) is 0 Å². The summed E-state index contributed by atoms with van der Waals surface area (Å²) in [6.45, 7) is 4.14. The Bertz CT molecular complexity index is 1520. The average molecular weight is 437 g/mol. The van der Waals surface area contributed by atoms with Crippen molar-refractivity contribution >= 4 is 0 Å². The van der Waals surface area contributed by atoms with Crippen LogP contribution in [0.15, 0.2) is 54.6 Å². The van der Waals surface area contributed by atoms with Crippen LogP contribution in [0.5, 0.6) is 0 Å². The molecule has 0 aliphatic carbocycles. The van der Waals surface area contributed by atoms with Gasteiger partial charge in [0.15, 0.2) is 11.4 Å². The van der Waals surface area contributed by atoms with Crippen molar-refractivity contribution in [3.8, 4) is 17.2 Å². The standard InChI is InChI=1S/C23H15F4N5/c1-21(2)15-6-3-5-13-20-12(9-10-18(24)28-20)22(30(13)15)17-11-14(23(25,26)27)29-32(17)19-8-4-7-16(21)31(19)22/h3-11H,1-2H3/q+2/t22-/m0/s1. The Balaban J connectivity index is 1.75. The highest BCUT2D eigenvalue weighted by Crippen LogP contribution is 2.49. The van der Waals surface area contributed by atoms with Crippen LogP contribution in [0, 0.1) is 5.95 Å². The van der Waals surface area contributed by atoms with Gasteiger partial charge in [0.25, 0.3) is 5.69 Å². The molecule has 0 saturated heterocycles. The van der Waals surface area contributed by atoms with Gasteiger partial charge in [0.1, 0.15) is 16.7 Å². The maximum absolute atomic E-state index is 14.3. The maximum atomic E-state index is 14.3. The van der Waals surface area contributed by atoms with Crippen LogP contribution in [-0.2, 0) is 17.3 Å². The summed E-state index contributed by atoms with van der Waals surface area (Å²) in [7, 11) is 0. The molecule has 7 rings (SSSR count). The van der Waals surface area contributed by atoms with Gasteiger partial charge in [-0.2, -0.15) is 22.1 Å². The number of nitrogens with zero attached hydrogens (tertiary/aromatic N) is 5. The van der Waals surface area contributed by atoms with Gasteiger partial charge in [-0.05, 0) is 38.1 Å². The van der Waals surface area contributed by atoms with Crippen molar-refractivity contribution in [1.29, 1.82) is 0 Å².